The van der Waals surface area contributed by atoms with Crippen molar-refractivity contribution in [2.24, 2.45) is 0 Å². The molecule has 0 unspecified atom stereocenters. The van der Waals surface area contributed by atoms with Crippen LogP contribution in [0.2, 0.25) is 0 Å². The zero-order valence-corrected chi connectivity index (χ0v) is 15.5. The van der Waals surface area contributed by atoms with Gasteiger partial charge in [0.15, 0.2) is 0 Å². The van der Waals surface area contributed by atoms with Crippen LogP contribution in [0.5, 0.6) is 11.5 Å². The third-order valence-corrected chi connectivity index (χ3v) is 4.16. The van der Waals surface area contributed by atoms with Gasteiger partial charge >= 0.3 is 0 Å². The molecule has 0 saturated heterocycles. The van der Waals surface area contributed by atoms with Gasteiger partial charge in [-0.2, -0.15) is 0 Å². The van der Waals surface area contributed by atoms with Gasteiger partial charge in [0.2, 0.25) is 0 Å². The quantitative estimate of drug-likeness (QED) is 0.714. The van der Waals surface area contributed by atoms with Gasteiger partial charge in [0.1, 0.15) is 11.5 Å². The normalized spacial score (nSPS) is 22.3. The minimum atomic E-state index is 0.790. The molecule has 132 valence electrons. The Bertz CT molecular complexity index is 792. The predicted molar refractivity (Wildman–Crippen MR) is 107 cm³/mol. The van der Waals surface area contributed by atoms with Gasteiger partial charge in [-0.1, -0.05) is 74.4 Å². The highest BCUT2D eigenvalue weighted by atomic mass is 16.5. The number of benzene rings is 1. The maximum absolute atomic E-state index is 5.55. The van der Waals surface area contributed by atoms with Gasteiger partial charge in [-0.25, -0.2) is 0 Å². The summed E-state index contributed by atoms with van der Waals surface area (Å²) >= 11 is 0. The van der Waals surface area contributed by atoms with Gasteiger partial charge < -0.3 is 9.47 Å². The van der Waals surface area contributed by atoms with Gasteiger partial charge in [0, 0.05) is 11.3 Å². The van der Waals surface area contributed by atoms with E-state index in [9.17, 15) is 0 Å². The summed E-state index contributed by atoms with van der Waals surface area (Å²) in [5, 5.41) is 2.12. The van der Waals surface area contributed by atoms with Crippen molar-refractivity contribution in [3.63, 3.8) is 0 Å². The Labute approximate surface area is 151 Å². The van der Waals surface area contributed by atoms with Crippen molar-refractivity contribution in [1.82, 2.24) is 0 Å². The van der Waals surface area contributed by atoms with Gasteiger partial charge in [-0.3, -0.25) is 0 Å². The monoisotopic (exact) mass is 336 g/mol. The molecule has 1 aromatic rings. The second-order valence-electron chi connectivity index (χ2n) is 5.99. The first-order valence-corrected chi connectivity index (χ1v) is 8.93. The van der Waals surface area contributed by atoms with E-state index < -0.39 is 0 Å². The van der Waals surface area contributed by atoms with Crippen molar-refractivity contribution in [2.75, 3.05) is 14.2 Å². The molecule has 0 aromatic heterocycles. The van der Waals surface area contributed by atoms with Gasteiger partial charge in [-0.05, 0) is 29.7 Å². The number of unbranched alkanes of at least 4 members (excludes halogenated alkanes) is 2. The topological polar surface area (TPSA) is 18.5 Å². The second-order valence-corrected chi connectivity index (χ2v) is 5.99. The van der Waals surface area contributed by atoms with Crippen LogP contribution in [-0.4, -0.2) is 14.2 Å². The van der Waals surface area contributed by atoms with Gasteiger partial charge in [-0.15, -0.1) is 0 Å². The fourth-order valence-electron chi connectivity index (χ4n) is 2.76. The van der Waals surface area contributed by atoms with Crippen molar-refractivity contribution in [3.8, 4) is 11.5 Å². The van der Waals surface area contributed by atoms with Crippen LogP contribution in [0.25, 0.3) is 12.2 Å². The van der Waals surface area contributed by atoms with Crippen LogP contribution in [0.4, 0.5) is 0 Å². The van der Waals surface area contributed by atoms with Crippen molar-refractivity contribution >= 4 is 12.2 Å². The number of methoxy groups -OCH3 is 2. The SMILES string of the molecule is CCCCCC1=C/C=C/C=c2/c(OC)cc(OC)c/c2=C/C=C/C=C\1. The minimum Gasteiger partial charge on any atom is -0.497 e. The molecule has 2 rings (SSSR count). The number of ether oxygens (including phenoxy) is 2. The zero-order valence-electron chi connectivity index (χ0n) is 15.5. The molecular formula is C23H28O2. The summed E-state index contributed by atoms with van der Waals surface area (Å²) in [6, 6.07) is 3.94. The summed E-state index contributed by atoms with van der Waals surface area (Å²) in [6.07, 6.45) is 23.8. The first-order chi connectivity index (χ1) is 12.3. The fourth-order valence-corrected chi connectivity index (χ4v) is 2.76. The van der Waals surface area contributed by atoms with Crippen LogP contribution in [0.1, 0.15) is 32.6 Å². The number of fused-ring (bicyclic) bond motifs is 1. The lowest BCUT2D eigenvalue weighted by molar-refractivity contribution is 0.391. The van der Waals surface area contributed by atoms with E-state index >= 15 is 0 Å². The van der Waals surface area contributed by atoms with Crippen LogP contribution < -0.4 is 19.9 Å². The average Bonchev–Trinajstić information content (AvgIpc) is 2.63. The molecule has 0 bridgehead atoms. The van der Waals surface area contributed by atoms with Crippen LogP contribution in [-0.2, 0) is 0 Å². The summed E-state index contributed by atoms with van der Waals surface area (Å²) < 4.78 is 10.9. The van der Waals surface area contributed by atoms with Gasteiger partial charge in [0.05, 0.1) is 14.2 Å². The average molecular weight is 336 g/mol. The fraction of sp³-hybridized carbons (Fsp3) is 0.304. The van der Waals surface area contributed by atoms with Crippen molar-refractivity contribution < 1.29 is 9.47 Å². The molecule has 0 atom stereocenters. The third-order valence-electron chi connectivity index (χ3n) is 4.16. The zero-order chi connectivity index (χ0) is 17.9. The highest BCUT2D eigenvalue weighted by Crippen LogP contribution is 2.13. The molecule has 0 fully saturated rings. The predicted octanol–water partition coefficient (Wildman–Crippen LogP) is 4.45. The first kappa shape index (κ1) is 18.9. The highest BCUT2D eigenvalue weighted by Gasteiger charge is 2.01. The molecule has 0 radical (unpaired) electrons. The Morgan fingerprint density at radius 1 is 0.800 bits per heavy atom. The van der Waals surface area contributed by atoms with E-state index in [1.54, 1.807) is 14.2 Å². The molecule has 0 N–H and O–H groups in total. The molecule has 25 heavy (non-hydrogen) atoms. The molecule has 0 amide bonds. The molecule has 2 nitrogen and oxygen atoms in total. The Hall–Kier alpha value is -2.48. The second kappa shape index (κ2) is 10.4. The van der Waals surface area contributed by atoms with Gasteiger partial charge in [0.25, 0.3) is 0 Å². The molecule has 1 aliphatic carbocycles. The van der Waals surface area contributed by atoms with E-state index in [0.717, 1.165) is 28.4 Å². The summed E-state index contributed by atoms with van der Waals surface area (Å²) in [7, 11) is 3.36. The Morgan fingerprint density at radius 2 is 1.60 bits per heavy atom. The van der Waals surface area contributed by atoms with Crippen LogP contribution >= 0.6 is 0 Å². The third kappa shape index (κ3) is 5.82. The summed E-state index contributed by atoms with van der Waals surface area (Å²) in [5.74, 6) is 1.60. The number of hydrogen-bond donors (Lipinski definition) is 0. The summed E-state index contributed by atoms with van der Waals surface area (Å²) in [6.45, 7) is 2.23. The molecule has 0 aliphatic heterocycles. The number of hydrogen-bond acceptors (Lipinski definition) is 2. The van der Waals surface area contributed by atoms with Crippen molar-refractivity contribution in [1.29, 1.82) is 0 Å². The van der Waals surface area contributed by atoms with E-state index in [-0.39, 0.29) is 0 Å². The summed E-state index contributed by atoms with van der Waals surface area (Å²) in [5.41, 5.74) is 1.35. The number of rotatable bonds is 6. The molecule has 0 saturated carbocycles. The van der Waals surface area contributed by atoms with Crippen molar-refractivity contribution in [3.05, 3.63) is 70.7 Å². The molecule has 1 aliphatic rings. The largest absolute Gasteiger partial charge is 0.497 e. The standard InChI is InChI=1S/C23H28O2/c1-4-5-7-12-19-13-8-6-9-15-20-17-21(24-2)18-23(25-3)22(20)16-11-10-14-19/h6,8-11,13-18H,4-5,7,12H2,1-3H3/b8-6?,9-6+,11-10+,13-8-,14-10?,15-9?,16-11?,19-13?,19-14-,20-15-,22-16+. The molecule has 0 spiro atoms. The lowest BCUT2D eigenvalue weighted by Gasteiger charge is -2.06. The lowest BCUT2D eigenvalue weighted by Crippen LogP contribution is -2.26. The molecule has 0 heterocycles. The summed E-state index contributed by atoms with van der Waals surface area (Å²) in [4.78, 5) is 0. The molecule has 1 aromatic carbocycles. The molecule has 2 heteroatoms. The van der Waals surface area contributed by atoms with Crippen LogP contribution in [0, 0.1) is 0 Å². The minimum absolute atomic E-state index is 0.790. The van der Waals surface area contributed by atoms with E-state index in [4.69, 9.17) is 9.47 Å². The lowest BCUT2D eigenvalue weighted by atomic mass is 10.1. The van der Waals surface area contributed by atoms with Crippen LogP contribution in [0.3, 0.4) is 0 Å². The van der Waals surface area contributed by atoms with Crippen molar-refractivity contribution in [2.45, 2.75) is 32.6 Å². The maximum Gasteiger partial charge on any atom is 0.130 e. The smallest absolute Gasteiger partial charge is 0.130 e. The van der Waals surface area contributed by atoms with E-state index in [1.807, 2.05) is 12.1 Å². The van der Waals surface area contributed by atoms with Crippen LogP contribution in [0.15, 0.2) is 60.2 Å². The Morgan fingerprint density at radius 3 is 2.36 bits per heavy atom. The maximum atomic E-state index is 5.55. The first-order valence-electron chi connectivity index (χ1n) is 8.93. The Kier molecular flexibility index (Phi) is 7.84. The Balaban J connectivity index is 2.44. The van der Waals surface area contributed by atoms with E-state index in [0.29, 0.717) is 0 Å². The highest BCUT2D eigenvalue weighted by molar-refractivity contribution is 5.52. The number of allylic oxidation sites excluding steroid dienone is 8. The van der Waals surface area contributed by atoms with E-state index in [1.165, 1.54) is 24.8 Å². The molecular weight excluding hydrogens is 308 g/mol. The van der Waals surface area contributed by atoms with E-state index in [2.05, 4.69) is 61.6 Å².